The second-order valence-corrected chi connectivity index (χ2v) is 15.7. The summed E-state index contributed by atoms with van der Waals surface area (Å²) in [6.45, 7) is 4.70. The van der Waals surface area contributed by atoms with Gasteiger partial charge in [0.1, 0.15) is 11.9 Å². The third-order valence-corrected chi connectivity index (χ3v) is 12.1. The fourth-order valence-electron chi connectivity index (χ4n) is 9.30. The van der Waals surface area contributed by atoms with Crippen molar-refractivity contribution in [3.05, 3.63) is 210 Å². The van der Waals surface area contributed by atoms with Gasteiger partial charge in [0.05, 0.1) is 11.0 Å². The van der Waals surface area contributed by atoms with Crippen molar-refractivity contribution in [2.75, 3.05) is 4.90 Å². The second-order valence-electron chi connectivity index (χ2n) is 15.7. The Labute approximate surface area is 327 Å². The first kappa shape index (κ1) is 32.6. The molecular formula is C53H40N2O. The molecule has 268 valence electrons. The van der Waals surface area contributed by atoms with E-state index in [-0.39, 0.29) is 11.5 Å². The predicted molar refractivity (Wildman–Crippen MR) is 232 cm³/mol. The van der Waals surface area contributed by atoms with E-state index in [1.807, 2.05) is 6.07 Å². The molecule has 2 heterocycles. The van der Waals surface area contributed by atoms with Crippen LogP contribution in [0.2, 0.25) is 0 Å². The zero-order valence-corrected chi connectivity index (χ0v) is 31.5. The lowest BCUT2D eigenvalue weighted by atomic mass is 9.82. The Kier molecular flexibility index (Phi) is 7.34. The molecule has 11 rings (SSSR count). The van der Waals surface area contributed by atoms with Crippen LogP contribution in [0.5, 0.6) is 5.75 Å². The Bertz CT molecular complexity index is 2910. The summed E-state index contributed by atoms with van der Waals surface area (Å²) in [5.74, 6) is 0.992. The zero-order valence-electron chi connectivity index (χ0n) is 31.5. The molecule has 0 N–H and O–H groups in total. The summed E-state index contributed by atoms with van der Waals surface area (Å²) < 4.78 is 8.75. The number of anilines is 3. The summed E-state index contributed by atoms with van der Waals surface area (Å²) in [4.78, 5) is 2.40. The van der Waals surface area contributed by atoms with Gasteiger partial charge in [0.15, 0.2) is 0 Å². The van der Waals surface area contributed by atoms with Crippen LogP contribution in [0.25, 0.3) is 49.7 Å². The van der Waals surface area contributed by atoms with Crippen molar-refractivity contribution in [2.45, 2.75) is 31.8 Å². The van der Waals surface area contributed by atoms with Crippen molar-refractivity contribution < 1.29 is 4.74 Å². The Morgan fingerprint density at radius 3 is 1.98 bits per heavy atom. The van der Waals surface area contributed by atoms with Crippen LogP contribution in [-0.4, -0.2) is 4.57 Å². The van der Waals surface area contributed by atoms with Crippen LogP contribution in [0.15, 0.2) is 188 Å². The summed E-state index contributed by atoms with van der Waals surface area (Å²) in [7, 11) is 0. The minimum Gasteiger partial charge on any atom is -0.485 e. The number of rotatable bonds is 6. The highest BCUT2D eigenvalue weighted by Gasteiger charge is 2.36. The van der Waals surface area contributed by atoms with Crippen molar-refractivity contribution >= 4 is 38.9 Å². The van der Waals surface area contributed by atoms with E-state index < -0.39 is 0 Å². The minimum atomic E-state index is -0.0988. The first-order chi connectivity index (χ1) is 27.5. The zero-order chi connectivity index (χ0) is 37.4. The number of fused-ring (bicyclic) bond motifs is 7. The minimum absolute atomic E-state index is 0.0209. The maximum absolute atomic E-state index is 6.38. The number of ether oxygens (including phenoxy) is 1. The highest BCUT2D eigenvalue weighted by atomic mass is 16.5. The number of para-hydroxylation sites is 3. The summed E-state index contributed by atoms with van der Waals surface area (Å²) >= 11 is 0. The maximum atomic E-state index is 6.38. The fraction of sp³-hybridized carbons (Fsp3) is 0.0943. The van der Waals surface area contributed by atoms with E-state index in [1.54, 1.807) is 0 Å². The van der Waals surface area contributed by atoms with E-state index in [4.69, 9.17) is 4.74 Å². The van der Waals surface area contributed by atoms with Gasteiger partial charge in [-0.25, -0.2) is 0 Å². The molecule has 0 amide bonds. The molecule has 1 aromatic heterocycles. The number of aromatic nitrogens is 1. The summed E-state index contributed by atoms with van der Waals surface area (Å²) in [5, 5.41) is 2.51. The van der Waals surface area contributed by atoms with Gasteiger partial charge in [-0.3, -0.25) is 0 Å². The number of hydrogen-bond acceptors (Lipinski definition) is 2. The first-order valence-corrected chi connectivity index (χ1v) is 19.6. The van der Waals surface area contributed by atoms with Crippen LogP contribution in [0.3, 0.4) is 0 Å². The molecule has 3 heteroatoms. The summed E-state index contributed by atoms with van der Waals surface area (Å²) in [6.07, 6.45) is 0.909. The molecule has 0 bridgehead atoms. The van der Waals surface area contributed by atoms with Gasteiger partial charge in [0, 0.05) is 45.4 Å². The van der Waals surface area contributed by atoms with Gasteiger partial charge in [-0.05, 0) is 117 Å². The van der Waals surface area contributed by atoms with Gasteiger partial charge in [-0.2, -0.15) is 0 Å². The van der Waals surface area contributed by atoms with Crippen molar-refractivity contribution in [2.24, 2.45) is 0 Å². The first-order valence-electron chi connectivity index (χ1n) is 19.6. The lowest BCUT2D eigenvalue weighted by molar-refractivity contribution is 0.239. The van der Waals surface area contributed by atoms with Gasteiger partial charge in [-0.15, -0.1) is 0 Å². The molecule has 2 aliphatic rings. The lowest BCUT2D eigenvalue weighted by Crippen LogP contribution is -2.16. The second kappa shape index (κ2) is 12.6. The van der Waals surface area contributed by atoms with Crippen LogP contribution in [0.4, 0.5) is 17.1 Å². The summed E-state index contributed by atoms with van der Waals surface area (Å²) in [5.41, 5.74) is 17.1. The van der Waals surface area contributed by atoms with E-state index in [0.29, 0.717) is 0 Å². The van der Waals surface area contributed by atoms with Crippen LogP contribution in [0.1, 0.15) is 42.2 Å². The molecule has 9 aromatic rings. The molecule has 0 spiro atoms. The molecule has 0 saturated carbocycles. The molecule has 0 saturated heterocycles. The molecule has 8 aromatic carbocycles. The largest absolute Gasteiger partial charge is 0.485 e. The SMILES string of the molecule is CC1(C)c2ccccc2-c2ccc(N(c3ccc(-c4ccc5c(c4)c4ccccc4n5-c4ccccc4)cc3)c3ccc(C4Cc5ccccc5O4)cc3)cc21. The molecule has 56 heavy (non-hydrogen) atoms. The summed E-state index contributed by atoms with van der Waals surface area (Å²) in [6, 6.07) is 68.6. The smallest absolute Gasteiger partial charge is 0.128 e. The maximum Gasteiger partial charge on any atom is 0.128 e. The number of nitrogens with zero attached hydrogens (tertiary/aromatic N) is 2. The van der Waals surface area contributed by atoms with Crippen LogP contribution in [0, 0.1) is 0 Å². The van der Waals surface area contributed by atoms with Crippen molar-refractivity contribution in [3.8, 4) is 33.7 Å². The molecule has 0 fully saturated rings. The van der Waals surface area contributed by atoms with E-state index in [2.05, 4.69) is 205 Å². The molecule has 1 aliphatic carbocycles. The average molecular weight is 721 g/mol. The van der Waals surface area contributed by atoms with Crippen molar-refractivity contribution in [1.29, 1.82) is 0 Å². The number of benzene rings is 8. The molecule has 1 aliphatic heterocycles. The Morgan fingerprint density at radius 2 is 1.16 bits per heavy atom. The van der Waals surface area contributed by atoms with E-state index in [9.17, 15) is 0 Å². The van der Waals surface area contributed by atoms with E-state index in [1.165, 1.54) is 72.0 Å². The normalized spacial score (nSPS) is 15.0. The quantitative estimate of drug-likeness (QED) is 0.170. The average Bonchev–Trinajstić information content (AvgIpc) is 3.90. The van der Waals surface area contributed by atoms with Gasteiger partial charge in [0.2, 0.25) is 0 Å². The fourth-order valence-corrected chi connectivity index (χ4v) is 9.30. The van der Waals surface area contributed by atoms with Crippen LogP contribution >= 0.6 is 0 Å². The molecule has 3 nitrogen and oxygen atoms in total. The van der Waals surface area contributed by atoms with Crippen LogP contribution < -0.4 is 9.64 Å². The lowest BCUT2D eigenvalue weighted by Gasteiger charge is -2.28. The van der Waals surface area contributed by atoms with Gasteiger partial charge >= 0.3 is 0 Å². The van der Waals surface area contributed by atoms with E-state index in [0.717, 1.165) is 29.2 Å². The standard InChI is InChI=1S/C53H40N2O/c1-53(2)47-17-9-7-15-43(47)44-30-29-42(34-48(44)53)54(41-27-22-36(23-28-41)52-33-38-12-6-11-19-51(38)56-52)40-25-20-35(21-26-40)37-24-31-50-46(32-37)45-16-8-10-18-49(45)55(50)39-13-4-3-5-14-39/h3-32,34,52H,33H2,1-2H3. The number of hydrogen-bond donors (Lipinski definition) is 0. The molecule has 1 atom stereocenters. The third kappa shape index (κ3) is 5.12. The topological polar surface area (TPSA) is 17.4 Å². The Morgan fingerprint density at radius 1 is 0.518 bits per heavy atom. The van der Waals surface area contributed by atoms with Gasteiger partial charge < -0.3 is 14.2 Å². The predicted octanol–water partition coefficient (Wildman–Crippen LogP) is 13.9. The molecular weight excluding hydrogens is 681 g/mol. The van der Waals surface area contributed by atoms with Crippen molar-refractivity contribution in [1.82, 2.24) is 4.57 Å². The molecule has 1 unspecified atom stereocenters. The Hall–Kier alpha value is -6.84. The van der Waals surface area contributed by atoms with Gasteiger partial charge in [-0.1, -0.05) is 129 Å². The van der Waals surface area contributed by atoms with E-state index >= 15 is 0 Å². The highest BCUT2D eigenvalue weighted by Crippen LogP contribution is 2.51. The highest BCUT2D eigenvalue weighted by molar-refractivity contribution is 6.10. The Balaban J connectivity index is 0.988. The van der Waals surface area contributed by atoms with Crippen LogP contribution in [-0.2, 0) is 11.8 Å². The monoisotopic (exact) mass is 720 g/mol. The third-order valence-electron chi connectivity index (χ3n) is 12.1. The van der Waals surface area contributed by atoms with Gasteiger partial charge in [0.25, 0.3) is 0 Å². The molecule has 0 radical (unpaired) electrons. The van der Waals surface area contributed by atoms with Crippen molar-refractivity contribution in [3.63, 3.8) is 0 Å².